The van der Waals surface area contributed by atoms with Crippen molar-refractivity contribution in [1.29, 1.82) is 0 Å². The molecule has 0 radical (unpaired) electrons. The number of benzene rings is 1. The Morgan fingerprint density at radius 2 is 2.00 bits per heavy atom. The summed E-state index contributed by atoms with van der Waals surface area (Å²) < 4.78 is 14.4. The number of aryl methyl sites for hydroxylation is 1. The van der Waals surface area contributed by atoms with E-state index in [0.717, 1.165) is 10.9 Å². The van der Waals surface area contributed by atoms with Gasteiger partial charge < -0.3 is 5.32 Å². The fraction of sp³-hybridized carbons (Fsp3) is 0.167. The third-order valence-corrected chi connectivity index (χ3v) is 3.78. The Kier molecular flexibility index (Phi) is 4.37. The first-order valence-electron chi connectivity index (χ1n) is 7.61. The zero-order valence-electron chi connectivity index (χ0n) is 13.1. The van der Waals surface area contributed by atoms with Crippen LogP contribution in [0.25, 0.3) is 11.0 Å². The molecule has 0 unspecified atom stereocenters. The number of nitrogens with one attached hydrogen (secondary N) is 1. The first kappa shape index (κ1) is 15.9. The van der Waals surface area contributed by atoms with Crippen LogP contribution < -0.4 is 10.9 Å². The predicted octanol–water partition coefficient (Wildman–Crippen LogP) is 2.49. The molecule has 122 valence electrons. The lowest BCUT2D eigenvalue weighted by Crippen LogP contribution is -2.33. The highest BCUT2D eigenvalue weighted by Crippen LogP contribution is 2.11. The van der Waals surface area contributed by atoms with Gasteiger partial charge in [0.25, 0.3) is 11.5 Å². The number of pyridine rings is 2. The Hall–Kier alpha value is -3.02. The summed E-state index contributed by atoms with van der Waals surface area (Å²) in [5, 5.41) is 3.42. The van der Waals surface area contributed by atoms with Gasteiger partial charge in [0.15, 0.2) is 0 Å². The molecule has 2 aromatic heterocycles. The molecule has 3 aromatic rings. The normalized spacial score (nSPS) is 10.8. The van der Waals surface area contributed by atoms with Gasteiger partial charge in [-0.15, -0.1) is 0 Å². The summed E-state index contributed by atoms with van der Waals surface area (Å²) in [7, 11) is 0. The van der Waals surface area contributed by atoms with Crippen LogP contribution in [-0.4, -0.2) is 15.5 Å². The summed E-state index contributed by atoms with van der Waals surface area (Å²) in [4.78, 5) is 29.1. The van der Waals surface area contributed by atoms with Crippen molar-refractivity contribution < 1.29 is 9.18 Å². The average Bonchev–Trinajstić information content (AvgIpc) is 2.60. The summed E-state index contributed by atoms with van der Waals surface area (Å²) in [6.07, 6.45) is 1.61. The van der Waals surface area contributed by atoms with E-state index in [4.69, 9.17) is 0 Å². The molecule has 0 saturated carbocycles. The van der Waals surface area contributed by atoms with E-state index in [0.29, 0.717) is 12.2 Å². The van der Waals surface area contributed by atoms with Crippen molar-refractivity contribution in [3.63, 3.8) is 0 Å². The minimum Gasteiger partial charge on any atom is -0.348 e. The fourth-order valence-corrected chi connectivity index (χ4v) is 2.54. The molecule has 2 heterocycles. The number of carbonyl (C=O) groups is 1. The van der Waals surface area contributed by atoms with E-state index in [1.54, 1.807) is 30.5 Å². The van der Waals surface area contributed by atoms with E-state index in [1.165, 1.54) is 16.7 Å². The topological polar surface area (TPSA) is 64.0 Å². The van der Waals surface area contributed by atoms with Gasteiger partial charge in [-0.05, 0) is 42.8 Å². The van der Waals surface area contributed by atoms with Crippen LogP contribution in [0.1, 0.15) is 22.8 Å². The van der Waals surface area contributed by atoms with Gasteiger partial charge in [-0.2, -0.15) is 0 Å². The second kappa shape index (κ2) is 6.62. The molecule has 0 aliphatic rings. The number of amides is 1. The van der Waals surface area contributed by atoms with Crippen molar-refractivity contribution in [3.05, 3.63) is 76.0 Å². The third-order valence-electron chi connectivity index (χ3n) is 3.78. The lowest BCUT2D eigenvalue weighted by molar-refractivity contribution is 0.0949. The molecule has 0 atom stereocenters. The number of aromatic nitrogens is 2. The molecule has 24 heavy (non-hydrogen) atoms. The van der Waals surface area contributed by atoms with Gasteiger partial charge in [0.2, 0.25) is 0 Å². The second-order valence-corrected chi connectivity index (χ2v) is 5.33. The largest absolute Gasteiger partial charge is 0.348 e. The van der Waals surface area contributed by atoms with Crippen molar-refractivity contribution in [1.82, 2.24) is 14.9 Å². The molecule has 0 saturated heterocycles. The van der Waals surface area contributed by atoms with E-state index in [1.807, 2.05) is 13.0 Å². The molecule has 0 spiro atoms. The number of rotatable bonds is 4. The first-order valence-corrected chi connectivity index (χ1v) is 7.61. The molecule has 5 nitrogen and oxygen atoms in total. The zero-order chi connectivity index (χ0) is 17.1. The highest BCUT2D eigenvalue weighted by atomic mass is 19.1. The maximum Gasteiger partial charge on any atom is 0.265 e. The molecular formula is C18H16FN3O2. The van der Waals surface area contributed by atoms with Crippen molar-refractivity contribution in [2.45, 2.75) is 20.0 Å². The monoisotopic (exact) mass is 325 g/mol. The van der Waals surface area contributed by atoms with E-state index in [-0.39, 0.29) is 23.5 Å². The Balaban J connectivity index is 1.90. The van der Waals surface area contributed by atoms with Gasteiger partial charge in [0.1, 0.15) is 17.0 Å². The Bertz CT molecular complexity index is 949. The highest BCUT2D eigenvalue weighted by Gasteiger charge is 2.15. The molecule has 0 aliphatic carbocycles. The number of fused-ring (bicyclic) bond motifs is 1. The van der Waals surface area contributed by atoms with Gasteiger partial charge in [-0.3, -0.25) is 14.2 Å². The Labute approximate surface area is 137 Å². The first-order chi connectivity index (χ1) is 11.6. The molecule has 3 rings (SSSR count). The summed E-state index contributed by atoms with van der Waals surface area (Å²) in [5.41, 5.74) is 1.00. The lowest BCUT2D eigenvalue weighted by Gasteiger charge is -2.10. The molecule has 0 aliphatic heterocycles. The van der Waals surface area contributed by atoms with Crippen molar-refractivity contribution in [2.24, 2.45) is 0 Å². The summed E-state index contributed by atoms with van der Waals surface area (Å²) in [5.74, 6) is -0.796. The van der Waals surface area contributed by atoms with E-state index >= 15 is 0 Å². The number of carbonyl (C=O) groups excluding carboxylic acids is 1. The highest BCUT2D eigenvalue weighted by molar-refractivity contribution is 5.96. The van der Waals surface area contributed by atoms with Crippen LogP contribution in [-0.2, 0) is 13.1 Å². The zero-order valence-corrected chi connectivity index (χ0v) is 13.1. The van der Waals surface area contributed by atoms with Crippen LogP contribution in [0.15, 0.2) is 53.5 Å². The van der Waals surface area contributed by atoms with Gasteiger partial charge >= 0.3 is 0 Å². The smallest absolute Gasteiger partial charge is 0.265 e. The van der Waals surface area contributed by atoms with Crippen molar-refractivity contribution in [2.75, 3.05) is 0 Å². The maximum absolute atomic E-state index is 12.9. The Morgan fingerprint density at radius 1 is 1.25 bits per heavy atom. The van der Waals surface area contributed by atoms with Gasteiger partial charge in [0.05, 0.1) is 0 Å². The molecule has 6 heteroatoms. The summed E-state index contributed by atoms with van der Waals surface area (Å²) >= 11 is 0. The number of nitrogens with zero attached hydrogens (tertiary/aromatic N) is 2. The van der Waals surface area contributed by atoms with Crippen LogP contribution in [0, 0.1) is 5.82 Å². The van der Waals surface area contributed by atoms with Crippen LogP contribution in [0.2, 0.25) is 0 Å². The fourth-order valence-electron chi connectivity index (χ4n) is 2.54. The predicted molar refractivity (Wildman–Crippen MR) is 89.2 cm³/mol. The van der Waals surface area contributed by atoms with Gasteiger partial charge in [-0.25, -0.2) is 9.37 Å². The number of hydrogen-bond acceptors (Lipinski definition) is 3. The number of hydrogen-bond donors (Lipinski definition) is 1. The molecule has 1 N–H and O–H groups in total. The van der Waals surface area contributed by atoms with E-state index in [2.05, 4.69) is 10.3 Å². The van der Waals surface area contributed by atoms with Crippen LogP contribution >= 0.6 is 0 Å². The summed E-state index contributed by atoms with van der Waals surface area (Å²) in [6.45, 7) is 2.47. The van der Waals surface area contributed by atoms with Gasteiger partial charge in [0, 0.05) is 24.7 Å². The number of halogens is 1. The quantitative estimate of drug-likeness (QED) is 0.801. The minimum absolute atomic E-state index is 0.0689. The molecule has 0 fully saturated rings. The lowest BCUT2D eigenvalue weighted by atomic mass is 10.1. The van der Waals surface area contributed by atoms with E-state index < -0.39 is 5.91 Å². The SMILES string of the molecule is CCn1c(=O)c(C(=O)NCc2ccc(F)cc2)cc2cccnc21. The van der Waals surface area contributed by atoms with Gasteiger partial charge in [-0.1, -0.05) is 12.1 Å². The Morgan fingerprint density at radius 3 is 2.71 bits per heavy atom. The maximum atomic E-state index is 12.9. The second-order valence-electron chi connectivity index (χ2n) is 5.33. The molecular weight excluding hydrogens is 309 g/mol. The summed E-state index contributed by atoms with van der Waals surface area (Å²) in [6, 6.07) is 10.9. The van der Waals surface area contributed by atoms with Crippen LogP contribution in [0.4, 0.5) is 4.39 Å². The van der Waals surface area contributed by atoms with E-state index in [9.17, 15) is 14.0 Å². The van der Waals surface area contributed by atoms with Crippen LogP contribution in [0.5, 0.6) is 0 Å². The van der Waals surface area contributed by atoms with Crippen LogP contribution in [0.3, 0.4) is 0 Å². The minimum atomic E-state index is -0.461. The average molecular weight is 325 g/mol. The van der Waals surface area contributed by atoms with Crippen molar-refractivity contribution >= 4 is 16.9 Å². The molecule has 0 bridgehead atoms. The molecule has 1 aromatic carbocycles. The van der Waals surface area contributed by atoms with Crippen molar-refractivity contribution in [3.8, 4) is 0 Å². The molecule has 1 amide bonds. The standard InChI is InChI=1S/C18H16FN3O2/c1-2-22-16-13(4-3-9-20-16)10-15(18(22)24)17(23)21-11-12-5-7-14(19)8-6-12/h3-10H,2,11H2,1H3,(H,21,23). The third kappa shape index (κ3) is 3.03.